The van der Waals surface area contributed by atoms with Gasteiger partial charge in [-0.05, 0) is 76.0 Å². The fourth-order valence-corrected chi connectivity index (χ4v) is 9.37. The summed E-state index contributed by atoms with van der Waals surface area (Å²) in [5.41, 5.74) is 8.00. The lowest BCUT2D eigenvalue weighted by Gasteiger charge is -2.73. The molecule has 1 unspecified atom stereocenters. The summed E-state index contributed by atoms with van der Waals surface area (Å²) in [5, 5.41) is 9.81. The molecule has 3 N–H and O–H groups in total. The van der Waals surface area contributed by atoms with Crippen LogP contribution in [-0.4, -0.2) is 79.8 Å². The topological polar surface area (TPSA) is 103 Å². The molecule has 0 radical (unpaired) electrons. The lowest BCUT2D eigenvalue weighted by Crippen LogP contribution is -2.81. The van der Waals surface area contributed by atoms with Crippen LogP contribution < -0.4 is 15.2 Å². The first-order valence-electron chi connectivity index (χ1n) is 14.1. The predicted molar refractivity (Wildman–Crippen MR) is 136 cm³/mol. The van der Waals surface area contributed by atoms with Crippen molar-refractivity contribution in [3.63, 3.8) is 0 Å². The van der Waals surface area contributed by atoms with Gasteiger partial charge >= 0.3 is 5.97 Å². The van der Waals surface area contributed by atoms with Crippen LogP contribution >= 0.6 is 0 Å². The molecule has 8 nitrogen and oxygen atoms in total. The maximum absolute atomic E-state index is 12.6. The molecule has 4 saturated carbocycles. The van der Waals surface area contributed by atoms with E-state index < -0.39 is 23.7 Å². The second-order valence-corrected chi connectivity index (χ2v) is 12.6. The quantitative estimate of drug-likeness (QED) is 0.511. The molecule has 0 amide bonds. The summed E-state index contributed by atoms with van der Waals surface area (Å²) in [7, 11) is 3.51. The van der Waals surface area contributed by atoms with Gasteiger partial charge in [0.05, 0.1) is 19.8 Å². The number of carbonyl (C=O) groups is 1. The van der Waals surface area contributed by atoms with Crippen molar-refractivity contribution in [2.24, 2.45) is 23.0 Å². The number of methoxy groups -OCH3 is 2. The van der Waals surface area contributed by atoms with Crippen molar-refractivity contribution in [1.82, 2.24) is 4.90 Å². The number of ether oxygens (including phenoxy) is 4. The fourth-order valence-electron chi connectivity index (χ4n) is 9.37. The van der Waals surface area contributed by atoms with E-state index in [2.05, 4.69) is 17.0 Å². The summed E-state index contributed by atoms with van der Waals surface area (Å²) in [6.45, 7) is 4.01. The van der Waals surface area contributed by atoms with Crippen LogP contribution in [0.2, 0.25) is 0 Å². The lowest BCUT2D eigenvalue weighted by molar-refractivity contribution is -0.282. The number of rotatable bonds is 8. The summed E-state index contributed by atoms with van der Waals surface area (Å²) in [6, 6.07) is 3.72. The minimum atomic E-state index is -1.05. The van der Waals surface area contributed by atoms with E-state index in [9.17, 15) is 9.90 Å². The smallest absolute Gasteiger partial charge is 0.325 e. The van der Waals surface area contributed by atoms with Gasteiger partial charge in [-0.2, -0.15) is 0 Å². The largest absolute Gasteiger partial charge is 0.493 e. The zero-order valence-electron chi connectivity index (χ0n) is 22.2. The van der Waals surface area contributed by atoms with E-state index >= 15 is 0 Å². The summed E-state index contributed by atoms with van der Waals surface area (Å²) in [5.74, 6) is 1.96. The second-order valence-electron chi connectivity index (χ2n) is 12.6. The molecule has 0 aromatic heterocycles. The molecular formula is C29H40N2O6. The lowest BCUT2D eigenvalue weighted by atomic mass is 9.35. The molecule has 1 aromatic carbocycles. The Morgan fingerprint density at radius 2 is 2.08 bits per heavy atom. The summed E-state index contributed by atoms with van der Waals surface area (Å²) < 4.78 is 25.1. The van der Waals surface area contributed by atoms with E-state index in [4.69, 9.17) is 24.7 Å². The van der Waals surface area contributed by atoms with Gasteiger partial charge in [0.25, 0.3) is 0 Å². The number of nitrogens with zero attached hydrogens (tertiary/aromatic N) is 1. The van der Waals surface area contributed by atoms with Crippen molar-refractivity contribution in [1.29, 1.82) is 0 Å². The third kappa shape index (κ3) is 2.96. The third-order valence-electron chi connectivity index (χ3n) is 11.2. The van der Waals surface area contributed by atoms with Crippen LogP contribution in [-0.2, 0) is 26.1 Å². The van der Waals surface area contributed by atoms with Gasteiger partial charge in [-0.15, -0.1) is 0 Å². The molecule has 37 heavy (non-hydrogen) atoms. The first kappa shape index (κ1) is 24.2. The normalized spacial score (nSPS) is 40.5. The van der Waals surface area contributed by atoms with Gasteiger partial charge in [-0.25, -0.2) is 0 Å². The molecule has 1 aromatic rings. The van der Waals surface area contributed by atoms with Crippen LogP contribution in [0.15, 0.2) is 12.1 Å². The minimum Gasteiger partial charge on any atom is -0.493 e. The molecule has 2 spiro atoms. The molecule has 8 heteroatoms. The molecule has 2 aliphatic heterocycles. The Kier molecular flexibility index (Phi) is 5.28. The number of hydrogen-bond donors (Lipinski definition) is 2. The molecule has 8 atom stereocenters. The van der Waals surface area contributed by atoms with Gasteiger partial charge in [0, 0.05) is 42.0 Å². The average molecular weight is 513 g/mol. The van der Waals surface area contributed by atoms with Crippen molar-refractivity contribution in [2.45, 2.75) is 87.2 Å². The van der Waals surface area contributed by atoms with E-state index in [-0.39, 0.29) is 29.5 Å². The Labute approximate surface area is 218 Å². The molecular weight excluding hydrogens is 472 g/mol. The Balaban J connectivity index is 1.33. The van der Waals surface area contributed by atoms with Crippen molar-refractivity contribution in [3.05, 3.63) is 23.3 Å². The molecule has 2 heterocycles. The number of benzene rings is 1. The monoisotopic (exact) mass is 512 g/mol. The summed E-state index contributed by atoms with van der Waals surface area (Å²) >= 11 is 0. The zero-order valence-corrected chi connectivity index (χ0v) is 22.2. The van der Waals surface area contributed by atoms with E-state index in [0.29, 0.717) is 6.04 Å². The minimum absolute atomic E-state index is 0.0141. The highest BCUT2D eigenvalue weighted by Crippen LogP contribution is 2.76. The van der Waals surface area contributed by atoms with E-state index in [1.54, 1.807) is 14.2 Å². The number of fused-ring (bicyclic) bond motifs is 2. The average Bonchev–Trinajstić information content (AvgIpc) is 3.65. The van der Waals surface area contributed by atoms with Crippen molar-refractivity contribution in [3.8, 4) is 11.5 Å². The number of piperidine rings is 1. The summed E-state index contributed by atoms with van der Waals surface area (Å²) in [6.07, 6.45) is 6.55. The van der Waals surface area contributed by atoms with Gasteiger partial charge in [-0.1, -0.05) is 6.07 Å². The number of aliphatic hydroxyl groups is 1. The second kappa shape index (κ2) is 8.07. The highest BCUT2D eigenvalue weighted by Gasteiger charge is 2.80. The first-order chi connectivity index (χ1) is 17.8. The van der Waals surface area contributed by atoms with E-state index in [0.717, 1.165) is 56.1 Å². The summed E-state index contributed by atoms with van der Waals surface area (Å²) in [4.78, 5) is 15.4. The van der Waals surface area contributed by atoms with Gasteiger partial charge in [-0.3, -0.25) is 9.69 Å². The van der Waals surface area contributed by atoms with Gasteiger partial charge in [0.1, 0.15) is 17.7 Å². The highest BCUT2D eigenvalue weighted by atomic mass is 16.6. The predicted octanol–water partition coefficient (Wildman–Crippen LogP) is 2.17. The van der Waals surface area contributed by atoms with E-state index in [1.165, 1.54) is 37.4 Å². The van der Waals surface area contributed by atoms with Gasteiger partial charge in [0.2, 0.25) is 0 Å². The number of esters is 1. The number of nitrogens with two attached hydrogens (primary N) is 1. The number of carbonyl (C=O) groups excluding carboxylic acids is 1. The molecule has 5 fully saturated rings. The van der Waals surface area contributed by atoms with E-state index in [1.807, 2.05) is 0 Å². The van der Waals surface area contributed by atoms with Crippen molar-refractivity contribution < 1.29 is 28.8 Å². The maximum Gasteiger partial charge on any atom is 0.325 e. The number of aliphatic hydroxyl groups excluding tert-OH is 1. The van der Waals surface area contributed by atoms with Crippen LogP contribution in [0, 0.1) is 17.3 Å². The van der Waals surface area contributed by atoms with Crippen LogP contribution in [0.25, 0.3) is 0 Å². The standard InChI is InChI=1S/C29H40N2O6/c1-16(32)23(30)25(33)36-15-19-13-27-8-9-29(19,35-3)26-28(27)10-11-31(14-17-4-5-17)21(27)12-18-6-7-20(34-2)24(37-26)22(18)28/h6-7,16-17,19,21,23,26,32H,4-5,8-15,30H2,1-3H3/t16?,19-,21-,23+,26-,27-,28+,29-/m1/s1. The molecule has 202 valence electrons. The van der Waals surface area contributed by atoms with Crippen LogP contribution in [0.5, 0.6) is 11.5 Å². The molecule has 1 saturated heterocycles. The molecule has 8 rings (SSSR count). The highest BCUT2D eigenvalue weighted by molar-refractivity contribution is 5.76. The molecule has 5 aliphatic carbocycles. The zero-order chi connectivity index (χ0) is 25.7. The first-order valence-corrected chi connectivity index (χ1v) is 14.1. The van der Waals surface area contributed by atoms with Crippen LogP contribution in [0.4, 0.5) is 0 Å². The number of hydrogen-bond acceptors (Lipinski definition) is 8. The fraction of sp³-hybridized carbons (Fsp3) is 0.759. The van der Waals surface area contributed by atoms with Gasteiger partial charge < -0.3 is 29.8 Å². The van der Waals surface area contributed by atoms with Crippen LogP contribution in [0.3, 0.4) is 0 Å². The Bertz CT molecular complexity index is 1120. The molecule has 4 bridgehead atoms. The van der Waals surface area contributed by atoms with Crippen molar-refractivity contribution in [2.75, 3.05) is 33.9 Å². The maximum atomic E-state index is 12.6. The van der Waals surface area contributed by atoms with Crippen LogP contribution in [0.1, 0.15) is 56.6 Å². The SMILES string of the molecule is COc1ccc2c3c1O[C@H]1[C@@]4(OC)CC[C@@]5(C[C@@H]4COC(=O)[C@@H](N)C(C)O)[C@@H](C2)N(CC2CC2)CC[C@]315. The number of likely N-dealkylation sites (tertiary alicyclic amines) is 1. The van der Waals surface area contributed by atoms with Crippen molar-refractivity contribution >= 4 is 5.97 Å². The third-order valence-corrected chi connectivity index (χ3v) is 11.2. The molecule has 7 aliphatic rings. The van der Waals surface area contributed by atoms with Gasteiger partial charge in [0.15, 0.2) is 11.5 Å². The Morgan fingerprint density at radius 1 is 1.27 bits per heavy atom. The Morgan fingerprint density at radius 3 is 2.78 bits per heavy atom. The Hall–Kier alpha value is -1.87.